The van der Waals surface area contributed by atoms with E-state index in [9.17, 15) is 22.8 Å². The van der Waals surface area contributed by atoms with E-state index < -0.39 is 27.6 Å². The van der Waals surface area contributed by atoms with Crippen molar-refractivity contribution in [1.29, 1.82) is 5.26 Å². The van der Waals surface area contributed by atoms with Crippen LogP contribution in [-0.2, 0) is 10.0 Å². The summed E-state index contributed by atoms with van der Waals surface area (Å²) in [6.45, 7) is 2.59. The van der Waals surface area contributed by atoms with Crippen LogP contribution in [0.15, 0.2) is 66.7 Å². The summed E-state index contributed by atoms with van der Waals surface area (Å²) in [7, 11) is -3.93. The van der Waals surface area contributed by atoms with E-state index in [1.54, 1.807) is 48.2 Å². The summed E-state index contributed by atoms with van der Waals surface area (Å²) < 4.78 is 28.4. The SMILES string of the molecule is Cc1ccc(C(=O)N2CCC(c3ccc(C#N)cc3)CC2)cc1NS(=O)(=O)CCN1C(=O)c2ccccc2C1=O. The summed E-state index contributed by atoms with van der Waals surface area (Å²) in [6, 6.07) is 21.0. The lowest BCUT2D eigenvalue weighted by Crippen LogP contribution is -2.38. The minimum Gasteiger partial charge on any atom is -0.339 e. The first-order valence-corrected chi connectivity index (χ1v) is 14.7. The number of anilines is 1. The second kappa shape index (κ2) is 10.9. The Morgan fingerprint density at radius 3 is 2.20 bits per heavy atom. The Balaban J connectivity index is 1.21. The minimum atomic E-state index is -3.93. The zero-order valence-corrected chi connectivity index (χ0v) is 22.8. The average molecular weight is 557 g/mol. The molecule has 3 aromatic carbocycles. The van der Waals surface area contributed by atoms with Gasteiger partial charge in [-0.25, -0.2) is 8.42 Å². The van der Waals surface area contributed by atoms with Crippen LogP contribution in [0.2, 0.25) is 0 Å². The molecule has 5 rings (SSSR count). The van der Waals surface area contributed by atoms with Gasteiger partial charge in [0.05, 0.1) is 34.2 Å². The lowest BCUT2D eigenvalue weighted by Gasteiger charge is -2.32. The zero-order valence-electron chi connectivity index (χ0n) is 22.0. The van der Waals surface area contributed by atoms with Gasteiger partial charge in [0.25, 0.3) is 17.7 Å². The molecule has 1 N–H and O–H groups in total. The maximum absolute atomic E-state index is 13.3. The highest BCUT2D eigenvalue weighted by molar-refractivity contribution is 7.92. The van der Waals surface area contributed by atoms with Crippen molar-refractivity contribution in [2.75, 3.05) is 30.1 Å². The first kappa shape index (κ1) is 27.1. The van der Waals surface area contributed by atoms with Crippen LogP contribution in [0.3, 0.4) is 0 Å². The lowest BCUT2D eigenvalue weighted by molar-refractivity contribution is 0.0661. The highest BCUT2D eigenvalue weighted by Crippen LogP contribution is 2.30. The molecule has 0 aromatic heterocycles. The standard InChI is InChI=1S/C30H28N4O5S/c1-20-6-9-24(28(35)33-14-12-23(13-15-33)22-10-7-21(19-31)8-11-22)18-27(20)32-40(38,39)17-16-34-29(36)25-4-2-3-5-26(25)30(34)37/h2-11,18,23,32H,12-17H2,1H3. The van der Waals surface area contributed by atoms with E-state index in [0.29, 0.717) is 35.7 Å². The number of benzene rings is 3. The predicted octanol–water partition coefficient (Wildman–Crippen LogP) is 3.92. The van der Waals surface area contributed by atoms with Crippen LogP contribution in [-0.4, -0.2) is 61.3 Å². The summed E-state index contributed by atoms with van der Waals surface area (Å²) in [5.74, 6) is -1.37. The van der Waals surface area contributed by atoms with Crippen LogP contribution in [0, 0.1) is 18.3 Å². The maximum atomic E-state index is 13.3. The Morgan fingerprint density at radius 2 is 1.60 bits per heavy atom. The van der Waals surface area contributed by atoms with E-state index in [2.05, 4.69) is 10.8 Å². The van der Waals surface area contributed by atoms with Crippen molar-refractivity contribution in [1.82, 2.24) is 9.80 Å². The van der Waals surface area contributed by atoms with Gasteiger partial charge in [-0.3, -0.25) is 24.0 Å². The summed E-state index contributed by atoms with van der Waals surface area (Å²) >= 11 is 0. The lowest BCUT2D eigenvalue weighted by atomic mass is 9.89. The van der Waals surface area contributed by atoms with E-state index in [4.69, 9.17) is 5.26 Å². The number of nitrogens with zero attached hydrogens (tertiary/aromatic N) is 3. The molecule has 3 amide bonds. The number of likely N-dealkylation sites (tertiary alicyclic amines) is 1. The molecule has 2 aliphatic rings. The third-order valence-corrected chi connectivity index (χ3v) is 8.76. The molecular formula is C30H28N4O5S. The molecule has 1 fully saturated rings. The van der Waals surface area contributed by atoms with E-state index >= 15 is 0 Å². The molecule has 2 heterocycles. The molecule has 0 unspecified atom stereocenters. The van der Waals surface area contributed by atoms with Crippen LogP contribution >= 0.6 is 0 Å². The minimum absolute atomic E-state index is 0.176. The van der Waals surface area contributed by atoms with Gasteiger partial charge in [0, 0.05) is 25.2 Å². The number of nitriles is 1. The molecule has 1 saturated heterocycles. The van der Waals surface area contributed by atoms with E-state index in [0.717, 1.165) is 23.3 Å². The second-order valence-corrected chi connectivity index (χ2v) is 11.9. The number of imide groups is 1. The molecule has 2 aliphatic heterocycles. The smallest absolute Gasteiger partial charge is 0.261 e. The number of carbonyl (C=O) groups excluding carboxylic acids is 3. The first-order chi connectivity index (χ1) is 19.2. The molecule has 3 aromatic rings. The monoisotopic (exact) mass is 556 g/mol. The average Bonchev–Trinajstić information content (AvgIpc) is 3.21. The molecule has 0 atom stereocenters. The molecule has 10 heteroatoms. The Kier molecular flexibility index (Phi) is 7.41. The van der Waals surface area contributed by atoms with E-state index in [-0.39, 0.29) is 29.3 Å². The predicted molar refractivity (Wildman–Crippen MR) is 149 cm³/mol. The van der Waals surface area contributed by atoms with Gasteiger partial charge in [0.15, 0.2) is 0 Å². The van der Waals surface area contributed by atoms with Crippen LogP contribution in [0.25, 0.3) is 0 Å². The Labute approximate surface area is 233 Å². The van der Waals surface area contributed by atoms with Crippen LogP contribution in [0.5, 0.6) is 0 Å². The van der Waals surface area contributed by atoms with Crippen LogP contribution in [0.1, 0.15) is 66.5 Å². The topological polar surface area (TPSA) is 128 Å². The van der Waals surface area contributed by atoms with Gasteiger partial charge in [0.2, 0.25) is 10.0 Å². The molecule has 0 spiro atoms. The summed E-state index contributed by atoms with van der Waals surface area (Å²) in [5, 5.41) is 9.00. The number of fused-ring (bicyclic) bond motifs is 1. The van der Waals surface area contributed by atoms with Gasteiger partial charge in [-0.05, 0) is 73.2 Å². The van der Waals surface area contributed by atoms with Gasteiger partial charge in [-0.15, -0.1) is 0 Å². The quantitative estimate of drug-likeness (QED) is 0.440. The van der Waals surface area contributed by atoms with Crippen molar-refractivity contribution in [2.45, 2.75) is 25.7 Å². The van der Waals surface area contributed by atoms with Gasteiger partial charge in [-0.1, -0.05) is 30.3 Å². The number of piperidine rings is 1. The van der Waals surface area contributed by atoms with Crippen LogP contribution < -0.4 is 4.72 Å². The molecule has 0 aliphatic carbocycles. The number of hydrogen-bond acceptors (Lipinski definition) is 6. The highest BCUT2D eigenvalue weighted by Gasteiger charge is 2.35. The zero-order chi connectivity index (χ0) is 28.4. The number of amides is 3. The van der Waals surface area contributed by atoms with Gasteiger partial charge < -0.3 is 4.90 Å². The van der Waals surface area contributed by atoms with E-state index in [1.807, 2.05) is 24.3 Å². The fourth-order valence-corrected chi connectivity index (χ4v) is 6.25. The van der Waals surface area contributed by atoms with Crippen molar-refractivity contribution in [3.05, 3.63) is 100 Å². The summed E-state index contributed by atoms with van der Waals surface area (Å²) in [6.07, 6.45) is 1.58. The third kappa shape index (κ3) is 5.46. The number of aryl methyl sites for hydroxylation is 1. The van der Waals surface area contributed by atoms with Gasteiger partial charge >= 0.3 is 0 Å². The number of hydrogen-bond donors (Lipinski definition) is 1. The molecule has 204 valence electrons. The molecule has 0 saturated carbocycles. The Morgan fingerprint density at radius 1 is 0.975 bits per heavy atom. The fourth-order valence-electron chi connectivity index (χ4n) is 5.17. The Bertz CT molecular complexity index is 1600. The van der Waals surface area contributed by atoms with Crippen molar-refractivity contribution in [2.24, 2.45) is 0 Å². The van der Waals surface area contributed by atoms with Crippen LogP contribution in [0.4, 0.5) is 5.69 Å². The second-order valence-electron chi connectivity index (χ2n) is 10.1. The summed E-state index contributed by atoms with van der Waals surface area (Å²) in [4.78, 5) is 41.1. The number of sulfonamides is 1. The van der Waals surface area contributed by atoms with Gasteiger partial charge in [-0.2, -0.15) is 5.26 Å². The molecule has 0 radical (unpaired) electrons. The number of rotatable bonds is 7. The maximum Gasteiger partial charge on any atom is 0.261 e. The fraction of sp³-hybridized carbons (Fsp3) is 0.267. The number of nitrogens with one attached hydrogen (secondary N) is 1. The van der Waals surface area contributed by atoms with Crippen molar-refractivity contribution >= 4 is 33.4 Å². The molecule has 9 nitrogen and oxygen atoms in total. The molecular weight excluding hydrogens is 528 g/mol. The molecule has 0 bridgehead atoms. The normalized spacial score (nSPS) is 15.6. The van der Waals surface area contributed by atoms with Crippen molar-refractivity contribution < 1.29 is 22.8 Å². The number of carbonyl (C=O) groups is 3. The van der Waals surface area contributed by atoms with Gasteiger partial charge in [0.1, 0.15) is 0 Å². The highest BCUT2D eigenvalue weighted by atomic mass is 32.2. The summed E-state index contributed by atoms with van der Waals surface area (Å²) in [5.41, 5.74) is 3.59. The first-order valence-electron chi connectivity index (χ1n) is 13.0. The molecule has 40 heavy (non-hydrogen) atoms. The largest absolute Gasteiger partial charge is 0.339 e. The van der Waals surface area contributed by atoms with Crippen molar-refractivity contribution in [3.8, 4) is 6.07 Å². The van der Waals surface area contributed by atoms with E-state index in [1.165, 1.54) is 6.07 Å². The Hall–Kier alpha value is -4.49. The third-order valence-electron chi connectivity index (χ3n) is 7.51. The van der Waals surface area contributed by atoms with Crippen molar-refractivity contribution in [3.63, 3.8) is 0 Å².